The van der Waals surface area contributed by atoms with Gasteiger partial charge in [0.25, 0.3) is 0 Å². The number of carbonyl (C=O) groups excluding carboxylic acids is 1. The van der Waals surface area contributed by atoms with Crippen LogP contribution in [0, 0.1) is 5.92 Å². The van der Waals surface area contributed by atoms with E-state index in [1.165, 1.54) is 0 Å². The Balaban J connectivity index is 1.63. The Morgan fingerprint density at radius 3 is 2.77 bits per heavy atom. The fraction of sp³-hybridized carbons (Fsp3) is 0.385. The summed E-state index contributed by atoms with van der Waals surface area (Å²) >= 11 is 5.79. The first-order chi connectivity index (χ1) is 16.9. The molecule has 3 unspecified atom stereocenters. The lowest BCUT2D eigenvalue weighted by atomic mass is 9.67. The number of nitrogens with one attached hydrogen (secondary N) is 1. The zero-order valence-corrected chi connectivity index (χ0v) is 20.4. The summed E-state index contributed by atoms with van der Waals surface area (Å²) in [4.78, 5) is 30.2. The Hall–Kier alpha value is -3.30. The Morgan fingerprint density at radius 1 is 1.29 bits per heavy atom. The van der Waals surface area contributed by atoms with Gasteiger partial charge in [-0.2, -0.15) is 0 Å². The van der Waals surface area contributed by atoms with E-state index in [2.05, 4.69) is 10.3 Å². The molecule has 9 heteroatoms. The normalized spacial score (nSPS) is 21.7. The van der Waals surface area contributed by atoms with Gasteiger partial charge in [0.15, 0.2) is 0 Å². The van der Waals surface area contributed by atoms with Crippen LogP contribution in [-0.4, -0.2) is 50.6 Å². The number of thiocarbonyl (C=S) groups is 1. The maximum atomic E-state index is 13.3. The van der Waals surface area contributed by atoms with Crippen molar-refractivity contribution >= 4 is 34.8 Å². The van der Waals surface area contributed by atoms with Gasteiger partial charge in [-0.05, 0) is 42.9 Å². The smallest absolute Gasteiger partial charge is 0.324 e. The number of nitrogens with two attached hydrogens (primary N) is 1. The van der Waals surface area contributed by atoms with Crippen molar-refractivity contribution < 1.29 is 19.4 Å². The van der Waals surface area contributed by atoms with Crippen LogP contribution in [0.3, 0.4) is 0 Å². The summed E-state index contributed by atoms with van der Waals surface area (Å²) in [6.45, 7) is 0. The first-order valence-electron chi connectivity index (χ1n) is 11.7. The molecule has 0 amide bonds. The second kappa shape index (κ2) is 10.5. The second-order valence-corrected chi connectivity index (χ2v) is 9.40. The van der Waals surface area contributed by atoms with Crippen molar-refractivity contribution in [3.8, 4) is 0 Å². The molecule has 0 bridgehead atoms. The topological polar surface area (TPSA) is 119 Å². The second-order valence-electron chi connectivity index (χ2n) is 8.99. The number of carbonyl (C=O) groups is 2. The van der Waals surface area contributed by atoms with Crippen molar-refractivity contribution in [2.24, 2.45) is 11.7 Å². The molecule has 3 aromatic rings. The van der Waals surface area contributed by atoms with Gasteiger partial charge >= 0.3 is 11.9 Å². The van der Waals surface area contributed by atoms with Crippen LogP contribution >= 0.6 is 12.2 Å². The van der Waals surface area contributed by atoms with Crippen LogP contribution in [-0.2, 0) is 26.2 Å². The minimum absolute atomic E-state index is 0.133. The van der Waals surface area contributed by atoms with Crippen LogP contribution in [0.2, 0.25) is 0 Å². The van der Waals surface area contributed by atoms with Gasteiger partial charge in [-0.25, -0.2) is 4.98 Å². The standard InChI is InChI=1S/C26H30N4O4S/c1-28-25(35)26(18-10-11-21-29-13-14-30(21)16-18)12-6-5-9-20(26)34-24(33)22(27)19(23(31)32)15-17-7-3-2-4-8-17/h2-4,7-8,10-11,13-14,16,19-20,22H,5-6,9,12,15,27H2,1H3,(H,28,35)(H,31,32)/t19?,20?,22-,26?/m0/s1. The number of imidazole rings is 1. The quantitative estimate of drug-likeness (QED) is 0.323. The minimum atomic E-state index is -1.31. The van der Waals surface area contributed by atoms with E-state index in [4.69, 9.17) is 22.7 Å². The number of carboxylic acid groups (broad SMARTS) is 1. The molecule has 2 heterocycles. The highest BCUT2D eigenvalue weighted by molar-refractivity contribution is 7.80. The van der Waals surface area contributed by atoms with Crippen molar-refractivity contribution in [1.29, 1.82) is 0 Å². The number of carboxylic acids is 1. The van der Waals surface area contributed by atoms with E-state index >= 15 is 0 Å². The maximum absolute atomic E-state index is 13.3. The summed E-state index contributed by atoms with van der Waals surface area (Å²) in [5, 5.41) is 12.9. The molecule has 8 nitrogen and oxygen atoms in total. The molecule has 1 aliphatic rings. The SMILES string of the molecule is CNC(=S)C1(c2ccc3nccn3c2)CCCCC1OC(=O)[C@@H](N)C(Cc1ccccc1)C(=O)O. The molecule has 184 valence electrons. The molecule has 1 saturated carbocycles. The number of esters is 1. The number of pyridine rings is 1. The van der Waals surface area contributed by atoms with Crippen LogP contribution < -0.4 is 11.1 Å². The number of likely N-dealkylation sites (N-methyl/N-ethyl adjacent to an activating group) is 1. The predicted molar refractivity (Wildman–Crippen MR) is 136 cm³/mol. The molecular formula is C26H30N4O4S. The van der Waals surface area contributed by atoms with Gasteiger partial charge in [-0.3, -0.25) is 9.59 Å². The summed E-state index contributed by atoms with van der Waals surface area (Å²) in [6, 6.07) is 11.7. The Bertz CT molecular complexity index is 1210. The van der Waals surface area contributed by atoms with E-state index in [1.54, 1.807) is 13.2 Å². The fourth-order valence-corrected chi connectivity index (χ4v) is 5.40. The van der Waals surface area contributed by atoms with Crippen molar-refractivity contribution in [3.63, 3.8) is 0 Å². The number of nitrogens with zero attached hydrogens (tertiary/aromatic N) is 2. The lowest BCUT2D eigenvalue weighted by molar-refractivity contribution is -0.160. The van der Waals surface area contributed by atoms with E-state index in [0.717, 1.165) is 29.6 Å². The van der Waals surface area contributed by atoms with E-state index in [0.29, 0.717) is 17.8 Å². The summed E-state index contributed by atoms with van der Waals surface area (Å²) in [5.41, 5.74) is 7.96. The van der Waals surface area contributed by atoms with Gasteiger partial charge in [-0.15, -0.1) is 0 Å². The molecular weight excluding hydrogens is 464 g/mol. The van der Waals surface area contributed by atoms with Crippen LogP contribution in [0.1, 0.15) is 36.8 Å². The average Bonchev–Trinajstić information content (AvgIpc) is 3.35. The van der Waals surface area contributed by atoms with Crippen LogP contribution in [0.25, 0.3) is 5.65 Å². The molecule has 1 fully saturated rings. The van der Waals surface area contributed by atoms with Gasteiger partial charge in [0, 0.05) is 25.6 Å². The van der Waals surface area contributed by atoms with Crippen molar-refractivity contribution in [2.45, 2.75) is 49.7 Å². The number of hydrogen-bond donors (Lipinski definition) is 3. The van der Waals surface area contributed by atoms with Gasteiger partial charge in [0.1, 0.15) is 17.8 Å². The number of ether oxygens (including phenoxy) is 1. The van der Waals surface area contributed by atoms with Crippen LogP contribution in [0.4, 0.5) is 0 Å². The van der Waals surface area contributed by atoms with E-state index < -0.39 is 35.4 Å². The zero-order valence-electron chi connectivity index (χ0n) is 19.6. The van der Waals surface area contributed by atoms with E-state index in [-0.39, 0.29) is 6.42 Å². The maximum Gasteiger partial charge on any atom is 0.324 e. The summed E-state index contributed by atoms with van der Waals surface area (Å²) < 4.78 is 7.94. The zero-order chi connectivity index (χ0) is 25.0. The van der Waals surface area contributed by atoms with Gasteiger partial charge in [0.05, 0.1) is 16.3 Å². The summed E-state index contributed by atoms with van der Waals surface area (Å²) in [6.07, 6.45) is 8.15. The molecule has 4 atom stereocenters. The van der Waals surface area contributed by atoms with Crippen molar-refractivity contribution in [1.82, 2.24) is 14.7 Å². The molecule has 1 aromatic carbocycles. The monoisotopic (exact) mass is 494 g/mol. The molecule has 2 aromatic heterocycles. The number of rotatable bonds is 8. The summed E-state index contributed by atoms with van der Waals surface area (Å²) in [7, 11) is 1.76. The molecule has 4 N–H and O–H groups in total. The predicted octanol–water partition coefficient (Wildman–Crippen LogP) is 2.88. The van der Waals surface area contributed by atoms with Gasteiger partial charge in [0.2, 0.25) is 0 Å². The van der Waals surface area contributed by atoms with E-state index in [9.17, 15) is 14.7 Å². The van der Waals surface area contributed by atoms with Crippen molar-refractivity contribution in [2.75, 3.05) is 7.05 Å². The molecule has 35 heavy (non-hydrogen) atoms. The average molecular weight is 495 g/mol. The number of aliphatic carboxylic acids is 1. The highest BCUT2D eigenvalue weighted by atomic mass is 32.1. The lowest BCUT2D eigenvalue weighted by Gasteiger charge is -2.44. The van der Waals surface area contributed by atoms with E-state index in [1.807, 2.05) is 59.3 Å². The van der Waals surface area contributed by atoms with Crippen LogP contribution in [0.15, 0.2) is 61.1 Å². The third-order valence-electron chi connectivity index (χ3n) is 6.95. The number of aromatic nitrogens is 2. The van der Waals surface area contributed by atoms with Crippen molar-refractivity contribution in [3.05, 3.63) is 72.2 Å². The molecule has 0 aliphatic heterocycles. The molecule has 0 saturated heterocycles. The first kappa shape index (κ1) is 24.8. The van der Waals surface area contributed by atoms with Crippen LogP contribution in [0.5, 0.6) is 0 Å². The number of benzene rings is 1. The third-order valence-corrected chi connectivity index (χ3v) is 7.52. The Kier molecular flexibility index (Phi) is 7.47. The highest BCUT2D eigenvalue weighted by Crippen LogP contribution is 2.42. The van der Waals surface area contributed by atoms with Gasteiger partial charge in [-0.1, -0.05) is 55.0 Å². The highest BCUT2D eigenvalue weighted by Gasteiger charge is 2.49. The Morgan fingerprint density at radius 2 is 2.06 bits per heavy atom. The first-order valence-corrected chi connectivity index (χ1v) is 12.2. The molecule has 0 radical (unpaired) electrons. The number of hydrogen-bond acceptors (Lipinski definition) is 6. The Labute approximate surface area is 209 Å². The summed E-state index contributed by atoms with van der Waals surface area (Å²) in [5.74, 6) is -2.97. The fourth-order valence-electron chi connectivity index (χ4n) is 5.05. The van der Waals surface area contributed by atoms with Gasteiger partial charge < -0.3 is 25.3 Å². The lowest BCUT2D eigenvalue weighted by Crippen LogP contribution is -2.55. The molecule has 1 aliphatic carbocycles. The number of fused-ring (bicyclic) bond motifs is 1. The largest absolute Gasteiger partial charge is 0.481 e. The molecule has 0 spiro atoms. The third kappa shape index (κ3) is 4.92. The minimum Gasteiger partial charge on any atom is -0.481 e. The molecule has 4 rings (SSSR count).